The molecule has 0 amide bonds. The third-order valence-electron chi connectivity index (χ3n) is 11.6. The molecule has 2 aromatic carbocycles. The molecular weight excluding hydrogens is 459 g/mol. The maximum atomic E-state index is 13.5. The highest BCUT2D eigenvalue weighted by atomic mass is 19.1. The fourth-order valence-corrected chi connectivity index (χ4v) is 9.66. The molecule has 0 spiro atoms. The molecule has 2 nitrogen and oxygen atoms in total. The predicted molar refractivity (Wildman–Crippen MR) is 146 cm³/mol. The zero-order valence-electron chi connectivity index (χ0n) is 22.5. The normalized spacial score (nSPS) is 38.6. The molecule has 0 heterocycles. The average molecular weight is 503 g/mol. The van der Waals surface area contributed by atoms with Crippen molar-refractivity contribution >= 4 is 0 Å². The second kappa shape index (κ2) is 9.35. The first kappa shape index (κ1) is 25.3. The topological polar surface area (TPSA) is 40.5 Å². The van der Waals surface area contributed by atoms with Crippen molar-refractivity contribution in [1.29, 1.82) is 0 Å². The summed E-state index contributed by atoms with van der Waals surface area (Å²) in [5.41, 5.74) is 3.07. The lowest BCUT2D eigenvalue weighted by Crippen LogP contribution is -2.53. The number of aryl methyl sites for hydroxylation is 1. The third kappa shape index (κ3) is 4.12. The Labute approximate surface area is 222 Å². The van der Waals surface area contributed by atoms with Crippen molar-refractivity contribution in [3.8, 4) is 0 Å². The van der Waals surface area contributed by atoms with E-state index in [0.717, 1.165) is 49.7 Å². The summed E-state index contributed by atoms with van der Waals surface area (Å²) in [5.74, 6) is 1.99. The van der Waals surface area contributed by atoms with Crippen LogP contribution in [0.4, 0.5) is 4.39 Å². The Balaban J connectivity index is 1.31. The van der Waals surface area contributed by atoms with E-state index < -0.39 is 5.60 Å². The lowest BCUT2D eigenvalue weighted by molar-refractivity contribution is -0.117. The molecule has 0 saturated heterocycles. The zero-order chi connectivity index (χ0) is 25.8. The maximum Gasteiger partial charge on any atom is 0.123 e. The Morgan fingerprint density at radius 1 is 0.919 bits per heavy atom. The lowest BCUT2D eigenvalue weighted by Gasteiger charge is -2.59. The highest BCUT2D eigenvalue weighted by Gasteiger charge is 2.62. The largest absolute Gasteiger partial charge is 0.393 e. The fourth-order valence-electron chi connectivity index (χ4n) is 9.66. The number of hydrogen-bond acceptors (Lipinski definition) is 2. The monoisotopic (exact) mass is 502 g/mol. The molecule has 3 fully saturated rings. The Morgan fingerprint density at radius 3 is 2.43 bits per heavy atom. The van der Waals surface area contributed by atoms with Crippen molar-refractivity contribution in [2.75, 3.05) is 0 Å². The fraction of sp³-hybridized carbons (Fsp3) is 0.588. The van der Waals surface area contributed by atoms with Crippen LogP contribution in [0.25, 0.3) is 0 Å². The maximum absolute atomic E-state index is 13.5. The summed E-state index contributed by atoms with van der Waals surface area (Å²) in [6.07, 6.45) is 12.4. The van der Waals surface area contributed by atoms with Gasteiger partial charge >= 0.3 is 0 Å². The second-order valence-corrected chi connectivity index (χ2v) is 13.2. The summed E-state index contributed by atoms with van der Waals surface area (Å²) in [6, 6.07) is 17.1. The summed E-state index contributed by atoms with van der Waals surface area (Å²) in [6.45, 7) is 4.98. The first-order valence-electron chi connectivity index (χ1n) is 14.6. The van der Waals surface area contributed by atoms with E-state index in [4.69, 9.17) is 0 Å². The quantitative estimate of drug-likeness (QED) is 0.414. The van der Waals surface area contributed by atoms with Gasteiger partial charge in [-0.1, -0.05) is 68.0 Å². The van der Waals surface area contributed by atoms with Gasteiger partial charge in [0.05, 0.1) is 11.7 Å². The summed E-state index contributed by atoms with van der Waals surface area (Å²) in [7, 11) is 0. The van der Waals surface area contributed by atoms with E-state index in [-0.39, 0.29) is 28.7 Å². The van der Waals surface area contributed by atoms with E-state index in [1.807, 2.05) is 18.2 Å². The molecule has 37 heavy (non-hydrogen) atoms. The van der Waals surface area contributed by atoms with Crippen LogP contribution in [0.1, 0.15) is 82.8 Å². The van der Waals surface area contributed by atoms with Gasteiger partial charge in [-0.25, -0.2) is 4.39 Å². The molecule has 0 radical (unpaired) electrons. The van der Waals surface area contributed by atoms with Crippen molar-refractivity contribution in [3.05, 3.63) is 83.2 Å². The number of halogens is 1. The summed E-state index contributed by atoms with van der Waals surface area (Å²) < 4.78 is 13.5. The summed E-state index contributed by atoms with van der Waals surface area (Å²) >= 11 is 0. The Morgan fingerprint density at radius 2 is 1.68 bits per heavy atom. The number of rotatable bonds is 5. The van der Waals surface area contributed by atoms with Crippen LogP contribution in [0.3, 0.4) is 0 Å². The average Bonchev–Trinajstić information content (AvgIpc) is 3.27. The highest BCUT2D eigenvalue weighted by Crippen LogP contribution is 2.68. The molecule has 4 aliphatic rings. The molecular formula is C34H43FO2. The van der Waals surface area contributed by atoms with Crippen LogP contribution in [-0.4, -0.2) is 16.3 Å². The van der Waals surface area contributed by atoms with Crippen molar-refractivity contribution < 1.29 is 14.6 Å². The molecule has 4 aliphatic carbocycles. The van der Waals surface area contributed by atoms with E-state index in [2.05, 4.69) is 44.2 Å². The van der Waals surface area contributed by atoms with Gasteiger partial charge in [0.15, 0.2) is 0 Å². The molecule has 0 unspecified atom stereocenters. The minimum absolute atomic E-state index is 0.102. The summed E-state index contributed by atoms with van der Waals surface area (Å²) in [4.78, 5) is 0. The van der Waals surface area contributed by atoms with Gasteiger partial charge in [0.25, 0.3) is 0 Å². The van der Waals surface area contributed by atoms with Gasteiger partial charge < -0.3 is 10.2 Å². The van der Waals surface area contributed by atoms with E-state index in [9.17, 15) is 14.6 Å². The number of hydrogen-bond donors (Lipinski definition) is 2. The number of benzene rings is 2. The van der Waals surface area contributed by atoms with Gasteiger partial charge in [-0.2, -0.15) is 0 Å². The molecule has 2 N–H and O–H groups in total. The van der Waals surface area contributed by atoms with Crippen LogP contribution in [-0.2, 0) is 12.0 Å². The minimum atomic E-state index is -0.902. The van der Waals surface area contributed by atoms with E-state index in [1.165, 1.54) is 37.0 Å². The summed E-state index contributed by atoms with van der Waals surface area (Å²) in [5, 5.41) is 23.0. The predicted octanol–water partition coefficient (Wildman–Crippen LogP) is 7.59. The molecule has 2 aromatic rings. The van der Waals surface area contributed by atoms with Crippen molar-refractivity contribution in [3.63, 3.8) is 0 Å². The van der Waals surface area contributed by atoms with Gasteiger partial charge in [-0.3, -0.25) is 0 Å². The van der Waals surface area contributed by atoms with Gasteiger partial charge in [-0.05, 0) is 122 Å². The number of fused-ring (bicyclic) bond motifs is 5. The Hall–Kier alpha value is -1.97. The molecule has 8 atom stereocenters. The van der Waals surface area contributed by atoms with Crippen molar-refractivity contribution in [1.82, 2.24) is 0 Å². The SMILES string of the molecule is C[C@]12CC[C@H]3[C@@H](CC=C4C[C@@H](O)CC[C@@]43C)[C@@H]1CC[C@@H]2[C@](O)(CCc1ccc(F)cc1)c1ccccc1. The van der Waals surface area contributed by atoms with Gasteiger partial charge in [0, 0.05) is 0 Å². The van der Waals surface area contributed by atoms with E-state index >= 15 is 0 Å². The van der Waals surface area contributed by atoms with Crippen LogP contribution in [0.2, 0.25) is 0 Å². The van der Waals surface area contributed by atoms with E-state index in [0.29, 0.717) is 24.2 Å². The lowest BCUT2D eigenvalue weighted by atomic mass is 9.46. The van der Waals surface area contributed by atoms with Gasteiger partial charge in [-0.15, -0.1) is 0 Å². The van der Waals surface area contributed by atoms with Crippen LogP contribution < -0.4 is 0 Å². The first-order chi connectivity index (χ1) is 17.7. The minimum Gasteiger partial charge on any atom is -0.393 e. The number of aliphatic hydroxyl groups excluding tert-OH is 1. The molecule has 0 bridgehead atoms. The van der Waals surface area contributed by atoms with Crippen molar-refractivity contribution in [2.45, 2.75) is 89.8 Å². The third-order valence-corrected chi connectivity index (χ3v) is 11.6. The highest BCUT2D eigenvalue weighted by molar-refractivity contribution is 5.29. The van der Waals surface area contributed by atoms with Crippen LogP contribution in [0.5, 0.6) is 0 Å². The molecule has 0 aromatic heterocycles. The second-order valence-electron chi connectivity index (χ2n) is 13.2. The van der Waals surface area contributed by atoms with E-state index in [1.54, 1.807) is 0 Å². The zero-order valence-corrected chi connectivity index (χ0v) is 22.5. The molecule has 3 saturated carbocycles. The van der Waals surface area contributed by atoms with Crippen LogP contribution in [0, 0.1) is 40.3 Å². The molecule has 6 rings (SSSR count). The van der Waals surface area contributed by atoms with Gasteiger partial charge in [0.1, 0.15) is 5.82 Å². The van der Waals surface area contributed by atoms with Crippen LogP contribution in [0.15, 0.2) is 66.2 Å². The Bertz CT molecular complexity index is 1140. The number of allylic oxidation sites excluding steroid dienone is 1. The molecule has 3 heteroatoms. The van der Waals surface area contributed by atoms with Crippen LogP contribution >= 0.6 is 0 Å². The smallest absolute Gasteiger partial charge is 0.123 e. The first-order valence-corrected chi connectivity index (χ1v) is 14.6. The Kier molecular flexibility index (Phi) is 6.39. The number of aliphatic hydroxyl groups is 2. The van der Waals surface area contributed by atoms with Crippen molar-refractivity contribution in [2.24, 2.45) is 34.5 Å². The van der Waals surface area contributed by atoms with Gasteiger partial charge in [0.2, 0.25) is 0 Å². The molecule has 198 valence electrons. The standard InChI is InChI=1S/C34H43FO2/c1-32-19-17-27(36)22-25(32)10-13-28-29-14-15-31(33(29,2)20-18-30(28)32)34(37,24-6-4-3-5-7-24)21-16-23-8-11-26(35)12-9-23/h3-12,27-31,36-37H,13-22H2,1-2H3/t27-,28-,29-,30-,31-,32-,33-,34-/m0/s1. The molecule has 0 aliphatic heterocycles.